The van der Waals surface area contributed by atoms with Crippen molar-refractivity contribution in [3.8, 4) is 32.8 Å². The van der Waals surface area contributed by atoms with Crippen LogP contribution in [-0.2, 0) is 24.9 Å². The second-order valence-electron chi connectivity index (χ2n) is 10.3. The molecule has 0 atom stereocenters. The van der Waals surface area contributed by atoms with Gasteiger partial charge >= 0.3 is 0 Å². The van der Waals surface area contributed by atoms with Crippen LogP contribution in [0.1, 0.15) is 13.8 Å². The van der Waals surface area contributed by atoms with Gasteiger partial charge in [-0.2, -0.15) is 11.3 Å². The smallest absolute Gasteiger partial charge is 0.155 e. The maximum Gasteiger partial charge on any atom is 0.155 e. The molecule has 2 aromatic heterocycles. The van der Waals surface area contributed by atoms with Crippen LogP contribution in [0.15, 0.2) is 127 Å². The third-order valence-corrected chi connectivity index (χ3v) is 8.29. The van der Waals surface area contributed by atoms with Crippen LogP contribution in [0, 0.1) is 11.9 Å². The fraction of sp³-hybridized carbons (Fsp3) is 0.0526. The minimum Gasteiger partial charge on any atom is -0.512 e. The van der Waals surface area contributed by atoms with Crippen LogP contribution in [-0.4, -0.2) is 15.9 Å². The first kappa shape index (κ1) is 31.0. The third kappa shape index (κ3) is 6.53. The largest absolute Gasteiger partial charge is 0.512 e. The molecule has 6 heteroatoms. The number of aromatic nitrogens is 1. The number of hydrogen-bond donors (Lipinski definition) is 1. The van der Waals surface area contributed by atoms with Crippen molar-refractivity contribution < 1.29 is 34.4 Å². The van der Waals surface area contributed by atoms with Crippen molar-refractivity contribution in [2.24, 2.45) is 0 Å². The number of aliphatic hydroxyl groups is 1. The van der Waals surface area contributed by atoms with Crippen LogP contribution in [0.25, 0.3) is 64.5 Å². The van der Waals surface area contributed by atoms with Gasteiger partial charge in [-0.05, 0) is 74.3 Å². The second kappa shape index (κ2) is 13.4. The van der Waals surface area contributed by atoms with Crippen LogP contribution < -0.4 is 0 Å². The zero-order chi connectivity index (χ0) is 29.9. The van der Waals surface area contributed by atoms with Gasteiger partial charge in [-0.15, -0.1) is 23.6 Å². The summed E-state index contributed by atoms with van der Waals surface area (Å²) in [6.45, 7) is 2.85. The van der Waals surface area contributed by atoms with Crippen molar-refractivity contribution in [2.75, 3.05) is 0 Å². The van der Waals surface area contributed by atoms with Crippen molar-refractivity contribution >= 4 is 48.8 Å². The topological polar surface area (TPSA) is 50.2 Å². The maximum absolute atomic E-state index is 13.8. The molecule has 0 spiro atoms. The van der Waals surface area contributed by atoms with Crippen molar-refractivity contribution in [3.05, 3.63) is 139 Å². The third-order valence-electron chi connectivity index (χ3n) is 7.07. The predicted octanol–water partition coefficient (Wildman–Crippen LogP) is 10.6. The van der Waals surface area contributed by atoms with Crippen LogP contribution >= 0.6 is 11.3 Å². The monoisotopic (exact) mass is 773 g/mol. The van der Waals surface area contributed by atoms with Gasteiger partial charge in [-0.25, -0.2) is 4.39 Å². The average Bonchev–Trinajstić information content (AvgIpc) is 3.45. The van der Waals surface area contributed by atoms with Crippen LogP contribution in [0.2, 0.25) is 0 Å². The summed E-state index contributed by atoms with van der Waals surface area (Å²) in [4.78, 5) is 16.0. The first-order valence-electron chi connectivity index (χ1n) is 13.8. The summed E-state index contributed by atoms with van der Waals surface area (Å²) >= 11 is 1.80. The van der Waals surface area contributed by atoms with E-state index in [1.54, 1.807) is 17.4 Å². The molecule has 0 aliphatic carbocycles. The van der Waals surface area contributed by atoms with E-state index in [4.69, 9.17) is 10.1 Å². The van der Waals surface area contributed by atoms with Gasteiger partial charge in [0.25, 0.3) is 0 Å². The number of aliphatic hydroxyl groups excluding tert-OH is 1. The van der Waals surface area contributed by atoms with Gasteiger partial charge < -0.3 is 5.11 Å². The molecule has 1 N–H and O–H groups in total. The second-order valence-corrected chi connectivity index (χ2v) is 11.3. The van der Waals surface area contributed by atoms with Crippen molar-refractivity contribution in [1.82, 2.24) is 4.98 Å². The molecule has 0 bridgehead atoms. The van der Waals surface area contributed by atoms with Crippen molar-refractivity contribution in [3.63, 3.8) is 0 Å². The molecule has 219 valence electrons. The molecule has 0 amide bonds. The molecule has 0 aliphatic heterocycles. The quantitative estimate of drug-likeness (QED) is 0.0839. The number of allylic oxidation sites excluding steroid dienone is 2. The minimum atomic E-state index is -0.228. The number of rotatable bonds is 4. The van der Waals surface area contributed by atoms with Crippen LogP contribution in [0.4, 0.5) is 4.39 Å². The molecule has 3 nitrogen and oxygen atoms in total. The SMILES string of the molecule is CC(=O)/C=C(/C)O.Fc1ccc2c(ccc3c(-c4[c-]c5cc(-c6ccccc6)sc5c(-c5ccccc5)c4)nccc32)c1.[Ir]. The average molecular weight is 773 g/mol. The molecular formula is C38H27FIrNO2S-. The van der Waals surface area contributed by atoms with E-state index in [9.17, 15) is 9.18 Å². The first-order valence-corrected chi connectivity index (χ1v) is 14.6. The van der Waals surface area contributed by atoms with Crippen LogP contribution in [0.5, 0.6) is 0 Å². The molecule has 0 aliphatic rings. The van der Waals surface area contributed by atoms with Gasteiger partial charge in [0, 0.05) is 38.1 Å². The van der Waals surface area contributed by atoms with E-state index in [0.29, 0.717) is 0 Å². The molecule has 0 unspecified atom stereocenters. The van der Waals surface area contributed by atoms with Crippen molar-refractivity contribution in [2.45, 2.75) is 13.8 Å². The van der Waals surface area contributed by atoms with Gasteiger partial charge in [-0.1, -0.05) is 90.0 Å². The Balaban J connectivity index is 0.000000433. The molecule has 7 aromatic rings. The summed E-state index contributed by atoms with van der Waals surface area (Å²) in [6, 6.07) is 40.1. The van der Waals surface area contributed by atoms with E-state index in [2.05, 4.69) is 66.7 Å². The summed E-state index contributed by atoms with van der Waals surface area (Å²) in [5.41, 5.74) is 5.37. The molecule has 0 fully saturated rings. The van der Waals surface area contributed by atoms with E-state index >= 15 is 0 Å². The van der Waals surface area contributed by atoms with Crippen LogP contribution in [0.3, 0.4) is 0 Å². The normalized spacial score (nSPS) is 11.2. The number of benzene rings is 5. The number of thiophene rings is 1. The first-order chi connectivity index (χ1) is 20.9. The molecule has 2 heterocycles. The summed E-state index contributed by atoms with van der Waals surface area (Å²) in [7, 11) is 0. The summed E-state index contributed by atoms with van der Waals surface area (Å²) in [5, 5.41) is 13.4. The van der Waals surface area contributed by atoms with Gasteiger partial charge in [0.05, 0.1) is 5.76 Å². The Labute approximate surface area is 272 Å². The van der Waals surface area contributed by atoms with Gasteiger partial charge in [0.2, 0.25) is 0 Å². The van der Waals surface area contributed by atoms with Gasteiger partial charge in [0.1, 0.15) is 5.82 Å². The standard InChI is InChI=1S/C33H19FNS.C5H8O2.Ir/c34-26-12-14-27-23(18-26)11-13-29-28(27)15-16-35-32(29)24-17-25-20-31(22-9-5-2-6-10-22)36-33(25)30(19-24)21-7-3-1-4-8-21;1-4(6)3-5(2)7;/h1-16,18-20H;3,6H,1-2H3;/q-1;;/b;4-3-;. The summed E-state index contributed by atoms with van der Waals surface area (Å²) < 4.78 is 15.1. The molecule has 0 saturated carbocycles. The molecule has 0 saturated heterocycles. The van der Waals surface area contributed by atoms with Gasteiger partial charge in [0.15, 0.2) is 5.78 Å². The van der Waals surface area contributed by atoms with E-state index in [0.717, 1.165) is 38.2 Å². The number of pyridine rings is 1. The predicted molar refractivity (Wildman–Crippen MR) is 177 cm³/mol. The summed E-state index contributed by atoms with van der Waals surface area (Å²) in [6.07, 6.45) is 3.00. The van der Waals surface area contributed by atoms with E-state index in [1.165, 1.54) is 52.3 Å². The maximum atomic E-state index is 13.8. The molecule has 5 aromatic carbocycles. The Kier molecular flexibility index (Phi) is 9.46. The number of carbonyl (C=O) groups excluding carboxylic acids is 1. The van der Waals surface area contributed by atoms with Gasteiger partial charge in [-0.3, -0.25) is 9.78 Å². The fourth-order valence-corrected chi connectivity index (χ4v) is 6.41. The zero-order valence-corrected chi connectivity index (χ0v) is 27.2. The fourth-order valence-electron chi connectivity index (χ4n) is 5.25. The Morgan fingerprint density at radius 3 is 2.16 bits per heavy atom. The number of carbonyl (C=O) groups is 1. The number of halogens is 1. The van der Waals surface area contributed by atoms with E-state index < -0.39 is 0 Å². The number of ketones is 1. The molecule has 44 heavy (non-hydrogen) atoms. The molecule has 1 radical (unpaired) electrons. The Bertz CT molecular complexity index is 2140. The Hall–Kier alpha value is -4.48. The van der Waals surface area contributed by atoms with E-state index in [-0.39, 0.29) is 37.5 Å². The molecular weight excluding hydrogens is 746 g/mol. The molecule has 7 rings (SSSR count). The zero-order valence-electron chi connectivity index (χ0n) is 24.0. The number of nitrogens with zero attached hydrogens (tertiary/aromatic N) is 1. The van der Waals surface area contributed by atoms with Crippen molar-refractivity contribution in [1.29, 1.82) is 0 Å². The number of fused-ring (bicyclic) bond motifs is 4. The minimum absolute atomic E-state index is 0. The summed E-state index contributed by atoms with van der Waals surface area (Å²) in [5.74, 6) is -0.290. The van der Waals surface area contributed by atoms with E-state index in [1.807, 2.05) is 42.6 Å². The number of hydrogen-bond acceptors (Lipinski definition) is 4. The Morgan fingerprint density at radius 2 is 1.50 bits per heavy atom. The Morgan fingerprint density at radius 1 is 0.818 bits per heavy atom.